The Bertz CT molecular complexity index is 714. The van der Waals surface area contributed by atoms with Gasteiger partial charge >= 0.3 is 0 Å². The Morgan fingerprint density at radius 3 is 2.79 bits per heavy atom. The first-order chi connectivity index (χ1) is 11.1. The SMILES string of the molecule is Cl.O=[N+]([O-])c1ccccc1CN1CCNCC1c1cccc(F)c1. The van der Waals surface area contributed by atoms with Crippen LogP contribution in [0.15, 0.2) is 48.5 Å². The Balaban J connectivity index is 0.00000208. The van der Waals surface area contributed by atoms with Crippen molar-refractivity contribution in [3.63, 3.8) is 0 Å². The van der Waals surface area contributed by atoms with Gasteiger partial charge in [0.15, 0.2) is 0 Å². The van der Waals surface area contributed by atoms with Gasteiger partial charge in [-0.3, -0.25) is 15.0 Å². The van der Waals surface area contributed by atoms with E-state index in [-0.39, 0.29) is 34.9 Å². The molecule has 1 aliphatic heterocycles. The lowest BCUT2D eigenvalue weighted by Crippen LogP contribution is -2.45. The molecule has 1 unspecified atom stereocenters. The summed E-state index contributed by atoms with van der Waals surface area (Å²) >= 11 is 0. The molecule has 1 N–H and O–H groups in total. The van der Waals surface area contributed by atoms with E-state index in [2.05, 4.69) is 10.2 Å². The van der Waals surface area contributed by atoms with Crippen LogP contribution in [0, 0.1) is 15.9 Å². The molecule has 1 saturated heterocycles. The van der Waals surface area contributed by atoms with Crippen molar-refractivity contribution in [2.24, 2.45) is 0 Å². The van der Waals surface area contributed by atoms with Gasteiger partial charge in [0, 0.05) is 43.9 Å². The maximum Gasteiger partial charge on any atom is 0.273 e. The van der Waals surface area contributed by atoms with Gasteiger partial charge in [-0.05, 0) is 17.7 Å². The number of nitrogens with one attached hydrogen (secondary N) is 1. The van der Waals surface area contributed by atoms with Crippen LogP contribution >= 0.6 is 12.4 Å². The van der Waals surface area contributed by atoms with E-state index in [0.717, 1.165) is 18.7 Å². The normalized spacial score (nSPS) is 18.0. The van der Waals surface area contributed by atoms with Crippen LogP contribution in [0.5, 0.6) is 0 Å². The van der Waals surface area contributed by atoms with Gasteiger partial charge in [-0.25, -0.2) is 4.39 Å². The Labute approximate surface area is 146 Å². The number of hydrogen-bond acceptors (Lipinski definition) is 4. The fourth-order valence-corrected chi connectivity index (χ4v) is 3.02. The molecule has 0 aromatic heterocycles. The molecule has 3 rings (SSSR count). The minimum absolute atomic E-state index is 0. The van der Waals surface area contributed by atoms with Crippen LogP contribution in [0.3, 0.4) is 0 Å². The topological polar surface area (TPSA) is 58.4 Å². The number of nitrogens with zero attached hydrogens (tertiary/aromatic N) is 2. The molecule has 2 aromatic carbocycles. The predicted octanol–water partition coefficient (Wildman–Crippen LogP) is 3.30. The third-order valence-electron chi connectivity index (χ3n) is 4.15. The summed E-state index contributed by atoms with van der Waals surface area (Å²) in [4.78, 5) is 13.0. The summed E-state index contributed by atoms with van der Waals surface area (Å²) in [6.45, 7) is 2.74. The lowest BCUT2D eigenvalue weighted by molar-refractivity contribution is -0.385. The third kappa shape index (κ3) is 4.08. The molecule has 128 valence electrons. The largest absolute Gasteiger partial charge is 0.314 e. The minimum Gasteiger partial charge on any atom is -0.314 e. The van der Waals surface area contributed by atoms with Gasteiger partial charge in [-0.1, -0.05) is 30.3 Å². The second kappa shape index (κ2) is 8.19. The number of benzene rings is 2. The fraction of sp³-hybridized carbons (Fsp3) is 0.294. The first kappa shape index (κ1) is 18.3. The average molecular weight is 352 g/mol. The minimum atomic E-state index is -0.352. The summed E-state index contributed by atoms with van der Waals surface area (Å²) < 4.78 is 13.5. The molecule has 1 fully saturated rings. The van der Waals surface area contributed by atoms with E-state index in [4.69, 9.17) is 0 Å². The lowest BCUT2D eigenvalue weighted by Gasteiger charge is -2.36. The van der Waals surface area contributed by atoms with E-state index in [0.29, 0.717) is 18.7 Å². The van der Waals surface area contributed by atoms with E-state index >= 15 is 0 Å². The molecule has 7 heteroatoms. The molecule has 0 aliphatic carbocycles. The van der Waals surface area contributed by atoms with Gasteiger partial charge in [0.25, 0.3) is 5.69 Å². The number of hydrogen-bond donors (Lipinski definition) is 1. The predicted molar refractivity (Wildman–Crippen MR) is 92.8 cm³/mol. The molecule has 1 aliphatic rings. The third-order valence-corrected chi connectivity index (χ3v) is 4.15. The second-order valence-electron chi connectivity index (χ2n) is 5.63. The van der Waals surface area contributed by atoms with E-state index in [1.54, 1.807) is 18.2 Å². The summed E-state index contributed by atoms with van der Waals surface area (Å²) in [6, 6.07) is 13.3. The van der Waals surface area contributed by atoms with Crippen molar-refractivity contribution in [3.05, 3.63) is 75.6 Å². The monoisotopic (exact) mass is 351 g/mol. The lowest BCUT2D eigenvalue weighted by atomic mass is 10.0. The van der Waals surface area contributed by atoms with Crippen LogP contribution in [0.1, 0.15) is 17.2 Å². The Hall–Kier alpha value is -2.02. The second-order valence-corrected chi connectivity index (χ2v) is 5.63. The highest BCUT2D eigenvalue weighted by atomic mass is 35.5. The van der Waals surface area contributed by atoms with E-state index in [9.17, 15) is 14.5 Å². The molecule has 0 amide bonds. The zero-order valence-electron chi connectivity index (χ0n) is 13.0. The molecule has 2 aromatic rings. The molecule has 0 bridgehead atoms. The molecular formula is C17H19ClFN3O2. The van der Waals surface area contributed by atoms with Crippen LogP contribution in [0.4, 0.5) is 10.1 Å². The first-order valence-electron chi connectivity index (χ1n) is 7.57. The standard InChI is InChI=1S/C17H18FN3O2.ClH/c18-15-6-3-5-13(10-15)17-11-19-8-9-20(17)12-14-4-1-2-7-16(14)21(22)23;/h1-7,10,17,19H,8-9,11-12H2;1H. The van der Waals surface area contributed by atoms with Crippen molar-refractivity contribution in [1.82, 2.24) is 10.2 Å². The Morgan fingerprint density at radius 1 is 1.25 bits per heavy atom. The van der Waals surface area contributed by atoms with Crippen LogP contribution in [-0.2, 0) is 6.54 Å². The number of nitro groups is 1. The molecule has 1 heterocycles. The van der Waals surface area contributed by atoms with Crippen LogP contribution < -0.4 is 5.32 Å². The Morgan fingerprint density at radius 2 is 2.04 bits per heavy atom. The number of halogens is 2. The maximum absolute atomic E-state index is 13.5. The van der Waals surface area contributed by atoms with Crippen molar-refractivity contribution in [2.45, 2.75) is 12.6 Å². The molecule has 0 spiro atoms. The first-order valence-corrected chi connectivity index (χ1v) is 7.57. The number of para-hydroxylation sites is 1. The summed E-state index contributed by atoms with van der Waals surface area (Å²) in [5.74, 6) is -0.265. The highest BCUT2D eigenvalue weighted by Gasteiger charge is 2.26. The van der Waals surface area contributed by atoms with E-state index < -0.39 is 0 Å². The number of nitro benzene ring substituents is 1. The van der Waals surface area contributed by atoms with Gasteiger partial charge in [-0.15, -0.1) is 12.4 Å². The van der Waals surface area contributed by atoms with Gasteiger partial charge in [0.2, 0.25) is 0 Å². The van der Waals surface area contributed by atoms with E-state index in [1.165, 1.54) is 18.2 Å². The van der Waals surface area contributed by atoms with Crippen LogP contribution in [-0.4, -0.2) is 29.5 Å². The van der Waals surface area contributed by atoms with Crippen LogP contribution in [0.25, 0.3) is 0 Å². The summed E-state index contributed by atoms with van der Waals surface area (Å²) in [5.41, 5.74) is 1.70. The van der Waals surface area contributed by atoms with E-state index in [1.807, 2.05) is 12.1 Å². The van der Waals surface area contributed by atoms with Crippen molar-refractivity contribution in [2.75, 3.05) is 19.6 Å². The van der Waals surface area contributed by atoms with Crippen molar-refractivity contribution in [1.29, 1.82) is 0 Å². The molecule has 0 saturated carbocycles. The van der Waals surface area contributed by atoms with Crippen LogP contribution in [0.2, 0.25) is 0 Å². The summed E-state index contributed by atoms with van der Waals surface area (Å²) in [5, 5.41) is 14.5. The zero-order chi connectivity index (χ0) is 16.2. The van der Waals surface area contributed by atoms with Gasteiger partial charge in [-0.2, -0.15) is 0 Å². The molecule has 5 nitrogen and oxygen atoms in total. The number of piperazine rings is 1. The average Bonchev–Trinajstić information content (AvgIpc) is 2.56. The fourth-order valence-electron chi connectivity index (χ4n) is 3.02. The van der Waals surface area contributed by atoms with Crippen molar-refractivity contribution < 1.29 is 9.31 Å². The smallest absolute Gasteiger partial charge is 0.273 e. The highest BCUT2D eigenvalue weighted by Crippen LogP contribution is 2.27. The zero-order valence-corrected chi connectivity index (χ0v) is 13.8. The highest BCUT2D eigenvalue weighted by molar-refractivity contribution is 5.85. The van der Waals surface area contributed by atoms with Crippen molar-refractivity contribution >= 4 is 18.1 Å². The van der Waals surface area contributed by atoms with Gasteiger partial charge in [0.1, 0.15) is 5.82 Å². The Kier molecular flexibility index (Phi) is 6.25. The molecule has 0 radical (unpaired) electrons. The number of rotatable bonds is 4. The quantitative estimate of drug-likeness (QED) is 0.678. The van der Waals surface area contributed by atoms with Gasteiger partial charge in [0.05, 0.1) is 4.92 Å². The molecule has 1 atom stereocenters. The summed E-state index contributed by atoms with van der Waals surface area (Å²) in [6.07, 6.45) is 0. The summed E-state index contributed by atoms with van der Waals surface area (Å²) in [7, 11) is 0. The molecular weight excluding hydrogens is 333 g/mol. The molecule has 24 heavy (non-hydrogen) atoms. The maximum atomic E-state index is 13.5. The van der Waals surface area contributed by atoms with Crippen molar-refractivity contribution in [3.8, 4) is 0 Å². The van der Waals surface area contributed by atoms with Gasteiger partial charge < -0.3 is 5.32 Å².